The molecule has 0 aromatic carbocycles. The molecule has 0 heterocycles. The van der Waals surface area contributed by atoms with E-state index >= 15 is 0 Å². The number of carbonyl (C=O) groups excluding carboxylic acids is 1. The van der Waals surface area contributed by atoms with E-state index in [1.807, 2.05) is 6.08 Å². The highest BCUT2D eigenvalue weighted by atomic mass is 16.3. The number of unbranched alkanes of at least 4 members (excludes halogenated alkanes) is 24. The van der Waals surface area contributed by atoms with Crippen LogP contribution in [0.4, 0.5) is 0 Å². The molecule has 0 rings (SSSR count). The number of rotatable bonds is 47. The second kappa shape index (κ2) is 53.4. The highest BCUT2D eigenvalue weighted by molar-refractivity contribution is 5.76. The SMILES string of the molecule is CC/C=C\C/C=C\C/C=C\C/C=C\C/C=C\C/C=C\C/C=C\C/C=C\CCCCCCCCCCCCCCC(=O)NC(CO)C(O)/C=C/CCCCCCCCCCCCCC. The number of allylic oxidation sites excluding steroid dienone is 17. The minimum atomic E-state index is -0.845. The van der Waals surface area contributed by atoms with Gasteiger partial charge in [0.1, 0.15) is 0 Å². The van der Waals surface area contributed by atoms with Crippen LogP contribution in [0.25, 0.3) is 0 Å². The Morgan fingerprint density at radius 2 is 0.698 bits per heavy atom. The van der Waals surface area contributed by atoms with Crippen LogP contribution in [-0.2, 0) is 4.79 Å². The van der Waals surface area contributed by atoms with Crippen molar-refractivity contribution in [1.82, 2.24) is 5.32 Å². The molecule has 360 valence electrons. The second-order valence-corrected chi connectivity index (χ2v) is 17.6. The normalized spacial score (nSPS) is 13.8. The van der Waals surface area contributed by atoms with Crippen LogP contribution in [0.1, 0.15) is 239 Å². The predicted octanol–water partition coefficient (Wildman–Crippen LogP) is 17.5. The number of hydrogen-bond donors (Lipinski definition) is 3. The van der Waals surface area contributed by atoms with Crippen LogP contribution < -0.4 is 5.32 Å². The lowest BCUT2D eigenvalue weighted by Crippen LogP contribution is -2.45. The molecule has 1 amide bonds. The predicted molar refractivity (Wildman–Crippen MR) is 280 cm³/mol. The Bertz CT molecular complexity index is 1220. The summed E-state index contributed by atoms with van der Waals surface area (Å²) in [5.74, 6) is -0.0703. The number of hydrogen-bond acceptors (Lipinski definition) is 3. The maximum Gasteiger partial charge on any atom is 0.220 e. The van der Waals surface area contributed by atoms with Gasteiger partial charge >= 0.3 is 0 Å². The minimum Gasteiger partial charge on any atom is -0.394 e. The summed E-state index contributed by atoms with van der Waals surface area (Å²) in [7, 11) is 0. The van der Waals surface area contributed by atoms with Gasteiger partial charge in [0, 0.05) is 6.42 Å². The van der Waals surface area contributed by atoms with Crippen LogP contribution in [-0.4, -0.2) is 34.9 Å². The molecule has 2 atom stereocenters. The Hall–Kier alpha value is -2.95. The highest BCUT2D eigenvalue weighted by Gasteiger charge is 2.18. The molecule has 0 aliphatic heterocycles. The van der Waals surface area contributed by atoms with Crippen molar-refractivity contribution in [3.05, 3.63) is 109 Å². The maximum atomic E-state index is 12.4. The van der Waals surface area contributed by atoms with Crippen molar-refractivity contribution < 1.29 is 15.0 Å². The molecule has 4 heteroatoms. The van der Waals surface area contributed by atoms with Crippen molar-refractivity contribution >= 4 is 5.91 Å². The van der Waals surface area contributed by atoms with Crippen molar-refractivity contribution in [3.8, 4) is 0 Å². The number of aliphatic hydroxyl groups excluding tert-OH is 2. The summed E-state index contributed by atoms with van der Waals surface area (Å²) >= 11 is 0. The largest absolute Gasteiger partial charge is 0.394 e. The van der Waals surface area contributed by atoms with Crippen LogP contribution in [0.2, 0.25) is 0 Å². The van der Waals surface area contributed by atoms with Gasteiger partial charge in [-0.1, -0.05) is 258 Å². The molecule has 0 aromatic heterocycles. The molecule has 0 saturated heterocycles. The zero-order valence-corrected chi connectivity index (χ0v) is 41.3. The number of amides is 1. The quantitative estimate of drug-likeness (QED) is 0.0421. The molecular weight excluding hydrogens is 771 g/mol. The van der Waals surface area contributed by atoms with Gasteiger partial charge in [0.15, 0.2) is 0 Å². The van der Waals surface area contributed by atoms with Gasteiger partial charge in [0.2, 0.25) is 5.91 Å². The van der Waals surface area contributed by atoms with Crippen LogP contribution in [0.15, 0.2) is 109 Å². The summed E-state index contributed by atoms with van der Waals surface area (Å²) in [5, 5.41) is 23.1. The Morgan fingerprint density at radius 1 is 0.397 bits per heavy atom. The van der Waals surface area contributed by atoms with E-state index < -0.39 is 12.1 Å². The fraction of sp³-hybridized carbons (Fsp3) is 0.678. The molecule has 0 aliphatic carbocycles. The molecule has 0 aromatic rings. The van der Waals surface area contributed by atoms with Gasteiger partial charge in [-0.2, -0.15) is 0 Å². The summed E-state index contributed by atoms with van der Waals surface area (Å²) in [6.45, 7) is 4.19. The smallest absolute Gasteiger partial charge is 0.220 e. The first-order valence-electron chi connectivity index (χ1n) is 26.6. The number of aliphatic hydroxyl groups is 2. The van der Waals surface area contributed by atoms with Crippen molar-refractivity contribution in [2.24, 2.45) is 0 Å². The lowest BCUT2D eigenvalue weighted by molar-refractivity contribution is -0.123. The summed E-state index contributed by atoms with van der Waals surface area (Å²) in [6, 6.07) is -0.629. The third-order valence-corrected chi connectivity index (χ3v) is 11.5. The average Bonchev–Trinajstić information content (AvgIpc) is 3.29. The first kappa shape index (κ1) is 60.1. The van der Waals surface area contributed by atoms with Crippen molar-refractivity contribution in [3.63, 3.8) is 0 Å². The van der Waals surface area contributed by atoms with E-state index in [-0.39, 0.29) is 12.5 Å². The summed E-state index contributed by atoms with van der Waals surface area (Å²) < 4.78 is 0. The van der Waals surface area contributed by atoms with Crippen LogP contribution >= 0.6 is 0 Å². The molecule has 3 N–H and O–H groups in total. The van der Waals surface area contributed by atoms with Gasteiger partial charge in [-0.05, 0) is 83.5 Å². The van der Waals surface area contributed by atoms with Gasteiger partial charge in [-0.3, -0.25) is 4.79 Å². The molecule has 0 aliphatic rings. The summed E-state index contributed by atoms with van der Waals surface area (Å²) in [6.07, 6.45) is 80.8. The van der Waals surface area contributed by atoms with E-state index in [4.69, 9.17) is 0 Å². The second-order valence-electron chi connectivity index (χ2n) is 17.6. The first-order chi connectivity index (χ1) is 31.2. The maximum absolute atomic E-state index is 12.4. The molecule has 0 saturated carbocycles. The van der Waals surface area contributed by atoms with Crippen molar-refractivity contribution in [1.29, 1.82) is 0 Å². The molecular formula is C59H101NO3. The third-order valence-electron chi connectivity index (χ3n) is 11.5. The average molecular weight is 872 g/mol. The third kappa shape index (κ3) is 49.9. The number of nitrogens with one attached hydrogen (secondary N) is 1. The molecule has 0 fully saturated rings. The van der Waals surface area contributed by atoms with Gasteiger partial charge in [0.05, 0.1) is 18.8 Å². The Labute approximate surface area is 391 Å². The molecule has 0 spiro atoms. The monoisotopic (exact) mass is 872 g/mol. The standard InChI is InChI=1S/C59H101NO3/c1-3-5-7-9-11-13-15-17-19-20-21-22-23-24-25-26-27-28-29-30-31-32-33-34-35-36-37-38-39-40-41-43-45-47-49-51-53-55-59(63)60-57(56-61)58(62)54-52-50-48-46-44-42-18-16-14-12-10-8-6-4-2/h5,7,11,13,17,19,21-22,24-25,27-28,30-31,33-34,52,54,57-58,61-62H,3-4,6,8-10,12,14-16,18,20,23,26,29,32,35-51,53,55-56H2,1-2H3,(H,60,63)/b7-5-,13-11-,19-17-,22-21-,25-24-,28-27-,31-30-,34-33-,54-52+. The van der Waals surface area contributed by atoms with Gasteiger partial charge in [-0.25, -0.2) is 0 Å². The van der Waals surface area contributed by atoms with Gasteiger partial charge < -0.3 is 15.5 Å². The number of carbonyl (C=O) groups is 1. The van der Waals surface area contributed by atoms with Crippen LogP contribution in [0.5, 0.6) is 0 Å². The van der Waals surface area contributed by atoms with Crippen LogP contribution in [0, 0.1) is 0 Å². The van der Waals surface area contributed by atoms with Crippen LogP contribution in [0.3, 0.4) is 0 Å². The summed E-state index contributed by atoms with van der Waals surface area (Å²) in [5.41, 5.74) is 0. The molecule has 0 radical (unpaired) electrons. The molecule has 2 unspecified atom stereocenters. The minimum absolute atomic E-state index is 0.0703. The topological polar surface area (TPSA) is 69.6 Å². The van der Waals surface area contributed by atoms with E-state index in [0.29, 0.717) is 6.42 Å². The van der Waals surface area contributed by atoms with E-state index in [9.17, 15) is 15.0 Å². The van der Waals surface area contributed by atoms with Gasteiger partial charge in [-0.15, -0.1) is 0 Å². The Balaban J connectivity index is 3.57. The fourth-order valence-corrected chi connectivity index (χ4v) is 7.49. The van der Waals surface area contributed by atoms with E-state index in [2.05, 4.69) is 116 Å². The fourth-order valence-electron chi connectivity index (χ4n) is 7.49. The Morgan fingerprint density at radius 3 is 1.05 bits per heavy atom. The lowest BCUT2D eigenvalue weighted by Gasteiger charge is -2.20. The van der Waals surface area contributed by atoms with Crippen molar-refractivity contribution in [2.75, 3.05) is 6.61 Å². The molecule has 63 heavy (non-hydrogen) atoms. The van der Waals surface area contributed by atoms with Gasteiger partial charge in [0.25, 0.3) is 0 Å². The highest BCUT2D eigenvalue weighted by Crippen LogP contribution is 2.15. The van der Waals surface area contributed by atoms with E-state index in [1.54, 1.807) is 6.08 Å². The summed E-state index contributed by atoms with van der Waals surface area (Å²) in [4.78, 5) is 12.4. The molecule has 0 bridgehead atoms. The van der Waals surface area contributed by atoms with E-state index in [0.717, 1.165) is 77.0 Å². The lowest BCUT2D eigenvalue weighted by atomic mass is 10.0. The zero-order chi connectivity index (χ0) is 45.6. The van der Waals surface area contributed by atoms with E-state index in [1.165, 1.54) is 141 Å². The van der Waals surface area contributed by atoms with Crippen molar-refractivity contribution in [2.45, 2.75) is 251 Å². The first-order valence-corrected chi connectivity index (χ1v) is 26.6. The molecule has 4 nitrogen and oxygen atoms in total. The zero-order valence-electron chi connectivity index (χ0n) is 41.3. The Kier molecular flexibility index (Phi) is 50.9.